The van der Waals surface area contributed by atoms with Crippen LogP contribution in [-0.4, -0.2) is 22.6 Å². The number of likely N-dealkylation sites (tertiary alicyclic amines) is 1. The van der Waals surface area contributed by atoms with Crippen molar-refractivity contribution in [3.63, 3.8) is 0 Å². The van der Waals surface area contributed by atoms with Gasteiger partial charge in [-0.3, -0.25) is 25.2 Å². The molecule has 2 aromatic rings. The van der Waals surface area contributed by atoms with Crippen molar-refractivity contribution in [3.05, 3.63) is 71.8 Å². The Hall–Kier alpha value is -3.15. The van der Waals surface area contributed by atoms with Crippen LogP contribution in [0.25, 0.3) is 0 Å². The molecule has 1 aliphatic carbocycles. The average Bonchev–Trinajstić information content (AvgIpc) is 3.60. The van der Waals surface area contributed by atoms with E-state index in [2.05, 4.69) is 10.9 Å². The summed E-state index contributed by atoms with van der Waals surface area (Å²) >= 11 is 0. The van der Waals surface area contributed by atoms with Crippen molar-refractivity contribution in [2.75, 3.05) is 0 Å². The molecule has 2 unspecified atom stereocenters. The van der Waals surface area contributed by atoms with E-state index in [0.717, 1.165) is 24.0 Å². The van der Waals surface area contributed by atoms with Crippen LogP contribution in [0.4, 0.5) is 0 Å². The topological polar surface area (TPSA) is 78.5 Å². The van der Waals surface area contributed by atoms with Crippen molar-refractivity contribution < 1.29 is 14.4 Å². The number of rotatable bonds is 5. The zero-order chi connectivity index (χ0) is 20.2. The molecular weight excluding hydrogens is 366 g/mol. The summed E-state index contributed by atoms with van der Waals surface area (Å²) in [5.74, 6) is -0.768. The number of piperidine rings is 1. The van der Waals surface area contributed by atoms with Gasteiger partial charge in [-0.2, -0.15) is 0 Å². The molecule has 2 aliphatic rings. The van der Waals surface area contributed by atoms with E-state index in [1.165, 1.54) is 0 Å². The van der Waals surface area contributed by atoms with Gasteiger partial charge in [0.1, 0.15) is 0 Å². The summed E-state index contributed by atoms with van der Waals surface area (Å²) in [6.07, 6.45) is 2.51. The first-order valence-corrected chi connectivity index (χ1v) is 10.1. The summed E-state index contributed by atoms with van der Waals surface area (Å²) in [5, 5.41) is 0. The molecule has 3 amide bonds. The van der Waals surface area contributed by atoms with E-state index < -0.39 is 5.92 Å². The Bertz CT molecular complexity index is 881. The molecule has 6 nitrogen and oxygen atoms in total. The number of carbonyl (C=O) groups excluding carboxylic acids is 3. The van der Waals surface area contributed by atoms with Gasteiger partial charge in [0.2, 0.25) is 17.7 Å². The predicted molar refractivity (Wildman–Crippen MR) is 108 cm³/mol. The minimum Gasteiger partial charge on any atom is -0.331 e. The monoisotopic (exact) mass is 391 g/mol. The number of nitrogens with zero attached hydrogens (tertiary/aromatic N) is 1. The highest BCUT2D eigenvalue weighted by atomic mass is 16.2. The molecule has 1 aliphatic heterocycles. The summed E-state index contributed by atoms with van der Waals surface area (Å²) in [5.41, 5.74) is 7.08. The Labute approximate surface area is 170 Å². The summed E-state index contributed by atoms with van der Waals surface area (Å²) in [6, 6.07) is 19.1. The molecule has 2 fully saturated rings. The largest absolute Gasteiger partial charge is 0.331 e. The molecule has 2 atom stereocenters. The van der Waals surface area contributed by atoms with E-state index in [1.807, 2.05) is 60.7 Å². The highest BCUT2D eigenvalue weighted by molar-refractivity contribution is 5.88. The molecule has 0 spiro atoms. The van der Waals surface area contributed by atoms with E-state index in [-0.39, 0.29) is 29.7 Å². The second kappa shape index (κ2) is 8.47. The molecule has 4 rings (SSSR count). The Kier molecular flexibility index (Phi) is 5.60. The van der Waals surface area contributed by atoms with Gasteiger partial charge in [-0.25, -0.2) is 0 Å². The summed E-state index contributed by atoms with van der Waals surface area (Å²) in [7, 11) is 0. The second-order valence-electron chi connectivity index (χ2n) is 7.76. The molecule has 29 heavy (non-hydrogen) atoms. The number of hydrazine groups is 1. The molecule has 6 heteroatoms. The third-order valence-electron chi connectivity index (χ3n) is 5.64. The Morgan fingerprint density at radius 2 is 1.48 bits per heavy atom. The minimum absolute atomic E-state index is 0.0164. The first kappa shape index (κ1) is 19.2. The summed E-state index contributed by atoms with van der Waals surface area (Å²) < 4.78 is 0. The van der Waals surface area contributed by atoms with Crippen molar-refractivity contribution in [1.29, 1.82) is 0 Å². The van der Waals surface area contributed by atoms with Gasteiger partial charge in [-0.05, 0) is 30.4 Å². The minimum atomic E-state index is -0.432. The van der Waals surface area contributed by atoms with Crippen LogP contribution in [0.3, 0.4) is 0 Å². The Morgan fingerprint density at radius 3 is 2.14 bits per heavy atom. The third-order valence-corrected chi connectivity index (χ3v) is 5.64. The van der Waals surface area contributed by atoms with Gasteiger partial charge in [0.05, 0.1) is 12.0 Å². The van der Waals surface area contributed by atoms with Gasteiger partial charge >= 0.3 is 0 Å². The SMILES string of the molecule is O=C(NNC(=O)C1CCC(=O)N(Cc2ccccc2)C1c1ccccc1)C1CC1. The third kappa shape index (κ3) is 4.47. The highest BCUT2D eigenvalue weighted by Gasteiger charge is 2.41. The van der Waals surface area contributed by atoms with Crippen LogP contribution in [0.5, 0.6) is 0 Å². The first-order chi connectivity index (χ1) is 14.1. The summed E-state index contributed by atoms with van der Waals surface area (Å²) in [6.45, 7) is 0.442. The van der Waals surface area contributed by atoms with Crippen molar-refractivity contribution >= 4 is 17.7 Å². The van der Waals surface area contributed by atoms with Crippen LogP contribution >= 0.6 is 0 Å². The van der Waals surface area contributed by atoms with Crippen LogP contribution in [0.2, 0.25) is 0 Å². The average molecular weight is 391 g/mol. The molecule has 0 bridgehead atoms. The lowest BCUT2D eigenvalue weighted by Crippen LogP contribution is -2.51. The molecule has 2 N–H and O–H groups in total. The van der Waals surface area contributed by atoms with Crippen molar-refractivity contribution in [2.24, 2.45) is 11.8 Å². The fourth-order valence-corrected chi connectivity index (χ4v) is 3.92. The normalized spacial score (nSPS) is 21.5. The first-order valence-electron chi connectivity index (χ1n) is 10.1. The Balaban J connectivity index is 1.58. The number of amides is 3. The van der Waals surface area contributed by atoms with Crippen LogP contribution in [-0.2, 0) is 20.9 Å². The number of hydrogen-bond donors (Lipinski definition) is 2. The zero-order valence-corrected chi connectivity index (χ0v) is 16.2. The lowest BCUT2D eigenvalue weighted by Gasteiger charge is -2.41. The van der Waals surface area contributed by atoms with Gasteiger partial charge in [0.15, 0.2) is 0 Å². The van der Waals surface area contributed by atoms with E-state index in [1.54, 1.807) is 4.90 Å². The molecule has 1 saturated heterocycles. The quantitative estimate of drug-likeness (QED) is 0.770. The molecule has 150 valence electrons. The molecule has 0 aromatic heterocycles. The molecule has 1 heterocycles. The predicted octanol–water partition coefficient (Wildman–Crippen LogP) is 2.72. The lowest BCUT2D eigenvalue weighted by atomic mass is 9.83. The van der Waals surface area contributed by atoms with Crippen LogP contribution < -0.4 is 10.9 Å². The maximum absolute atomic E-state index is 13.0. The molecular formula is C23H25N3O3. The Morgan fingerprint density at radius 1 is 0.862 bits per heavy atom. The van der Waals surface area contributed by atoms with Crippen molar-refractivity contribution in [3.8, 4) is 0 Å². The smallest absolute Gasteiger partial charge is 0.243 e. The second-order valence-corrected chi connectivity index (χ2v) is 7.76. The van der Waals surface area contributed by atoms with Gasteiger partial charge in [0.25, 0.3) is 0 Å². The number of carbonyl (C=O) groups is 3. The molecule has 0 radical (unpaired) electrons. The van der Waals surface area contributed by atoms with Crippen molar-refractivity contribution in [1.82, 2.24) is 15.8 Å². The molecule has 2 aromatic carbocycles. The maximum Gasteiger partial charge on any atom is 0.243 e. The van der Waals surface area contributed by atoms with Gasteiger partial charge in [-0.1, -0.05) is 60.7 Å². The lowest BCUT2D eigenvalue weighted by molar-refractivity contribution is -0.145. The van der Waals surface area contributed by atoms with Gasteiger partial charge < -0.3 is 4.90 Å². The van der Waals surface area contributed by atoms with Gasteiger partial charge in [0, 0.05) is 18.9 Å². The van der Waals surface area contributed by atoms with E-state index >= 15 is 0 Å². The highest BCUT2D eigenvalue weighted by Crippen LogP contribution is 2.38. The number of benzene rings is 2. The van der Waals surface area contributed by atoms with E-state index in [9.17, 15) is 14.4 Å². The number of nitrogens with one attached hydrogen (secondary N) is 2. The zero-order valence-electron chi connectivity index (χ0n) is 16.2. The fourth-order valence-electron chi connectivity index (χ4n) is 3.92. The fraction of sp³-hybridized carbons (Fsp3) is 0.348. The van der Waals surface area contributed by atoms with E-state index in [4.69, 9.17) is 0 Å². The van der Waals surface area contributed by atoms with E-state index in [0.29, 0.717) is 19.4 Å². The standard InChI is InChI=1S/C23H25N3O3/c27-20-14-13-19(23(29)25-24-22(28)18-11-12-18)21(17-9-5-2-6-10-17)26(20)15-16-7-3-1-4-8-16/h1-10,18-19,21H,11-15H2,(H,24,28)(H,25,29). The van der Waals surface area contributed by atoms with Crippen LogP contribution in [0, 0.1) is 11.8 Å². The number of hydrogen-bond acceptors (Lipinski definition) is 3. The summed E-state index contributed by atoms with van der Waals surface area (Å²) in [4.78, 5) is 39.5. The maximum atomic E-state index is 13.0. The van der Waals surface area contributed by atoms with Crippen molar-refractivity contribution in [2.45, 2.75) is 38.3 Å². The van der Waals surface area contributed by atoms with Crippen LogP contribution in [0.1, 0.15) is 42.9 Å². The van der Waals surface area contributed by atoms with Gasteiger partial charge in [-0.15, -0.1) is 0 Å². The molecule has 1 saturated carbocycles. The van der Waals surface area contributed by atoms with Crippen LogP contribution in [0.15, 0.2) is 60.7 Å².